The van der Waals surface area contributed by atoms with Crippen LogP contribution < -0.4 is 0 Å². The molecule has 0 saturated heterocycles. The van der Waals surface area contributed by atoms with Crippen molar-refractivity contribution in [1.29, 1.82) is 0 Å². The molecule has 5 heteroatoms. The molecule has 0 bridgehead atoms. The first-order valence-corrected chi connectivity index (χ1v) is 9.05. The number of rotatable bonds is 1. The van der Waals surface area contributed by atoms with E-state index in [4.69, 9.17) is 9.90 Å². The van der Waals surface area contributed by atoms with Gasteiger partial charge in [0.15, 0.2) is 17.4 Å². The van der Waals surface area contributed by atoms with E-state index >= 15 is 0 Å². The molecule has 0 atom stereocenters. The fraction of sp³-hybridized carbons (Fsp3) is 0.0833. The van der Waals surface area contributed by atoms with Gasteiger partial charge in [0.2, 0.25) is 0 Å². The van der Waals surface area contributed by atoms with Crippen molar-refractivity contribution < 1.29 is 30.0 Å². The molecule has 5 aromatic rings. The summed E-state index contributed by atoms with van der Waals surface area (Å²) >= 11 is 0. The van der Waals surface area contributed by atoms with Gasteiger partial charge < -0.3 is 9.90 Å². The third-order valence-corrected chi connectivity index (χ3v) is 4.69. The van der Waals surface area contributed by atoms with Gasteiger partial charge in [0, 0.05) is 45.0 Å². The van der Waals surface area contributed by atoms with Crippen molar-refractivity contribution in [2.75, 3.05) is 0 Å². The predicted molar refractivity (Wildman–Crippen MR) is 116 cm³/mol. The zero-order valence-corrected chi connectivity index (χ0v) is 18.5. The number of carboxylic acids is 1. The maximum atomic E-state index is 7.53. The average molecular weight is 562 g/mol. The Labute approximate surface area is 182 Å². The Bertz CT molecular complexity index is 1320. The summed E-state index contributed by atoms with van der Waals surface area (Å²) in [6.45, 7) is 1.19. The molecule has 0 aliphatic carbocycles. The van der Waals surface area contributed by atoms with Crippen LogP contribution in [0.4, 0.5) is 0 Å². The molecule has 1 radical (unpaired) electrons. The first-order valence-electron chi connectivity index (χ1n) is 9.05. The zero-order chi connectivity index (χ0) is 19.7. The molecule has 4 aromatic carbocycles. The molecule has 29 heavy (non-hydrogen) atoms. The van der Waals surface area contributed by atoms with Crippen LogP contribution in [0.25, 0.3) is 38.3 Å². The van der Waals surface area contributed by atoms with E-state index in [0.29, 0.717) is 0 Å². The van der Waals surface area contributed by atoms with Gasteiger partial charge in [0.1, 0.15) is 0 Å². The number of fused-ring (bicyclic) bond motifs is 3. The first kappa shape index (κ1) is 20.7. The molecule has 147 valence electrons. The Morgan fingerprint density at radius 3 is 1.97 bits per heavy atom. The van der Waals surface area contributed by atoms with Gasteiger partial charge in [-0.05, 0) is 10.8 Å². The van der Waals surface area contributed by atoms with Crippen LogP contribution in [0.15, 0.2) is 79.1 Å². The molecule has 1 heterocycles. The van der Waals surface area contributed by atoms with Crippen LogP contribution in [0.3, 0.4) is 0 Å². The van der Waals surface area contributed by atoms with Crippen LogP contribution in [0.5, 0.6) is 0 Å². The molecule has 4 nitrogen and oxygen atoms in total. The minimum Gasteiger partial charge on any atom is -0.339 e. The number of aromatic nitrogens is 2. The zero-order valence-electron chi connectivity index (χ0n) is 16.1. The molecule has 2 N–H and O–H groups in total. The smallest absolute Gasteiger partial charge is 0.339 e. The van der Waals surface area contributed by atoms with Crippen molar-refractivity contribution in [3.8, 4) is 5.69 Å². The predicted octanol–water partition coefficient (Wildman–Crippen LogP) is 5.42. The molecule has 0 saturated carbocycles. The average Bonchev–Trinajstić information content (AvgIpc) is 3.01. The summed E-state index contributed by atoms with van der Waals surface area (Å²) in [6, 6.07) is 29.1. The number of hydrogen-bond donors (Lipinski definition) is 1. The number of carboxylic acid groups (broad SMARTS) is 1. The number of aliphatic hydroxyl groups excluding tert-OH is 1. The first-order chi connectivity index (χ1) is 13.5. The second-order valence-corrected chi connectivity index (χ2v) is 6.78. The summed E-state index contributed by atoms with van der Waals surface area (Å²) in [5.74, 6) is -0.583. The molecule has 0 fully saturated rings. The maximum Gasteiger partial charge on any atom is 0.477 e. The van der Waals surface area contributed by atoms with E-state index in [9.17, 15) is 0 Å². The normalized spacial score (nSPS) is 10.4. The second-order valence-electron chi connectivity index (χ2n) is 6.78. The maximum absolute atomic E-state index is 7.53. The summed E-state index contributed by atoms with van der Waals surface area (Å²) in [7, 11) is 2.09. The van der Waals surface area contributed by atoms with Crippen LogP contribution >= 0.6 is 0 Å². The van der Waals surface area contributed by atoms with Crippen molar-refractivity contribution >= 4 is 38.5 Å². The molecule has 0 unspecified atom stereocenters. The van der Waals surface area contributed by atoms with Crippen LogP contribution in [0.1, 0.15) is 6.92 Å². The topological polar surface area (TPSA) is 51.5 Å². The Morgan fingerprint density at radius 2 is 1.38 bits per heavy atom. The summed E-state index contributed by atoms with van der Waals surface area (Å²) in [5.41, 5.74) is 3.48. The Hall–Kier alpha value is -3.01. The van der Waals surface area contributed by atoms with Gasteiger partial charge in [0.05, 0.1) is 6.92 Å². The Balaban J connectivity index is 0.000000443. The van der Waals surface area contributed by atoms with Crippen molar-refractivity contribution in [3.63, 3.8) is 0 Å². The quantitative estimate of drug-likeness (QED) is 0.216. The number of nitrogens with zero attached hydrogens (tertiary/aromatic N) is 2. The van der Waals surface area contributed by atoms with Gasteiger partial charge in [-0.25, -0.2) is 9.13 Å². The van der Waals surface area contributed by atoms with Crippen LogP contribution in [0.2, 0.25) is 0 Å². The molecule has 0 amide bonds. The SMILES string of the molecule is CC(O)=[OH+].Cn1[cH+]n(-c2[c-]cc3ccccc3c2)c2cc3ccccc3cc21.[Ir]. The molecule has 0 aliphatic rings. The Kier molecular flexibility index (Phi) is 6.11. The van der Waals surface area contributed by atoms with E-state index in [1.807, 2.05) is 0 Å². The number of aryl methyl sites for hydroxylation is 1. The summed E-state index contributed by atoms with van der Waals surface area (Å²) in [6.07, 6.45) is 2.13. The van der Waals surface area contributed by atoms with Crippen LogP contribution in [0, 0.1) is 6.07 Å². The van der Waals surface area contributed by atoms with Gasteiger partial charge in [0.25, 0.3) is 0 Å². The largest absolute Gasteiger partial charge is 0.477 e. The number of benzene rings is 4. The van der Waals surface area contributed by atoms with Gasteiger partial charge in [-0.15, -0.1) is 22.9 Å². The van der Waals surface area contributed by atoms with Gasteiger partial charge in [-0.3, -0.25) is 0 Å². The van der Waals surface area contributed by atoms with Crippen molar-refractivity contribution in [2.45, 2.75) is 6.92 Å². The third kappa shape index (κ3) is 4.21. The van der Waals surface area contributed by atoms with Crippen LogP contribution in [-0.2, 0) is 27.2 Å². The van der Waals surface area contributed by atoms with Crippen molar-refractivity contribution in [1.82, 2.24) is 9.13 Å². The van der Waals surface area contributed by atoms with E-state index in [1.165, 1.54) is 39.5 Å². The summed E-state index contributed by atoms with van der Waals surface area (Å²) in [4.78, 5) is 7.53. The standard InChI is InChI=1S/C22H16N2.C2H4O2.Ir/c1-23-15-24(20-11-10-16-6-2-3-7-17(16)12-20)22-14-19-9-5-4-8-18(19)13-21(22)23;1-2(3)4;/h2-10,12-15H,1H3;1H3,(H,3,4);/p+1. The Morgan fingerprint density at radius 1 is 0.897 bits per heavy atom. The fourth-order valence-corrected chi connectivity index (χ4v) is 3.43. The summed E-state index contributed by atoms with van der Waals surface area (Å²) in [5, 5.41) is 12.5. The third-order valence-electron chi connectivity index (χ3n) is 4.69. The van der Waals surface area contributed by atoms with Gasteiger partial charge in [-0.2, -0.15) is 6.07 Å². The fourth-order valence-electron chi connectivity index (χ4n) is 3.43. The van der Waals surface area contributed by atoms with Crippen LogP contribution in [-0.4, -0.2) is 25.0 Å². The van der Waals surface area contributed by atoms with E-state index < -0.39 is 5.97 Å². The van der Waals surface area contributed by atoms with E-state index in [-0.39, 0.29) is 20.1 Å². The molecule has 0 aliphatic heterocycles. The number of hydrogen-bond acceptors (Lipinski definition) is 0. The second kappa shape index (κ2) is 8.56. The molecule has 0 spiro atoms. The van der Waals surface area contributed by atoms with Gasteiger partial charge in [-0.1, -0.05) is 48.5 Å². The van der Waals surface area contributed by atoms with E-state index in [0.717, 1.165) is 5.69 Å². The summed E-state index contributed by atoms with van der Waals surface area (Å²) < 4.78 is 4.39. The van der Waals surface area contributed by atoms with Gasteiger partial charge >= 0.3 is 5.97 Å². The molecule has 1 aromatic heterocycles. The molecule has 5 rings (SSSR count). The van der Waals surface area contributed by atoms with E-state index in [2.05, 4.69) is 101 Å². The van der Waals surface area contributed by atoms with Crippen molar-refractivity contribution in [2.24, 2.45) is 7.05 Å². The van der Waals surface area contributed by atoms with Crippen molar-refractivity contribution in [3.05, 3.63) is 85.2 Å². The molecular formula is C24H21IrN2O2+. The number of aliphatic carboxylic acids is 1. The van der Waals surface area contributed by atoms with E-state index in [1.54, 1.807) is 0 Å². The number of imidazole rings is 1. The minimum absolute atomic E-state index is 0. The molecular weight excluding hydrogens is 540 g/mol. The monoisotopic (exact) mass is 562 g/mol. The minimum atomic E-state index is -0.583.